The van der Waals surface area contributed by atoms with E-state index in [1.807, 2.05) is 42.7 Å². The van der Waals surface area contributed by atoms with Crippen molar-refractivity contribution in [1.82, 2.24) is 19.8 Å². The number of ether oxygens (including phenoxy) is 2. The fourth-order valence-electron chi connectivity index (χ4n) is 6.50. The van der Waals surface area contributed by atoms with Crippen LogP contribution in [-0.4, -0.2) is 76.3 Å². The van der Waals surface area contributed by atoms with E-state index in [1.165, 1.54) is 11.1 Å². The van der Waals surface area contributed by atoms with Gasteiger partial charge in [0.1, 0.15) is 0 Å². The van der Waals surface area contributed by atoms with E-state index in [4.69, 9.17) is 42.7 Å². The average molecular weight is 871 g/mol. The van der Waals surface area contributed by atoms with Gasteiger partial charge in [0.15, 0.2) is 0 Å². The minimum atomic E-state index is -1.48. The molecule has 2 N–H and O–H groups in total. The molecule has 2 aliphatic rings. The number of nitrogens with zero attached hydrogens (tertiary/aromatic N) is 4. The van der Waals surface area contributed by atoms with Crippen molar-refractivity contribution in [2.24, 2.45) is 0 Å². The molecular formula is C45H48BBrCl2N4O4. The molecule has 0 radical (unpaired) electrons. The first-order valence-electron chi connectivity index (χ1n) is 18.5. The molecule has 2 saturated heterocycles. The van der Waals surface area contributed by atoms with Crippen molar-refractivity contribution < 1.29 is 19.5 Å². The van der Waals surface area contributed by atoms with Crippen LogP contribution in [0.5, 0.6) is 0 Å². The molecule has 12 heteroatoms. The maximum absolute atomic E-state index is 8.68. The predicted molar refractivity (Wildman–Crippen MR) is 235 cm³/mol. The standard InChI is InChI=1S/C22H21ClN2O.C16H17BrN2O.C6H6BClO2.CH4/c23-21-6-2-1-5-20(21)18-9-7-17(8-10-18)15-25-12-13-26-22(16-25)19-4-3-11-24-14-19;17-15-5-3-13(4-6-15)11-19-8-9-20-16(12-19)14-2-1-7-18-10-14;8-6-4-2-1-3-5(6)7(9)10;/h1-11,14,22H,12-13,15-16H2;1-7,10,16H,8-9,11-12H2;1-4,9-10H;1H4. The smallest absolute Gasteiger partial charge is 0.423 e. The molecule has 0 bridgehead atoms. The zero-order valence-corrected chi connectivity index (χ0v) is 34.0. The van der Waals surface area contributed by atoms with Gasteiger partial charge in [0.05, 0.1) is 25.4 Å². The van der Waals surface area contributed by atoms with Crippen LogP contribution in [0.4, 0.5) is 0 Å². The number of benzene rings is 4. The molecule has 8 rings (SSSR count). The Balaban J connectivity index is 0.000000177. The molecule has 0 aliphatic carbocycles. The normalized spacial score (nSPS) is 16.9. The Hall–Kier alpha value is -3.94. The first-order valence-corrected chi connectivity index (χ1v) is 20.0. The number of hydrogen-bond acceptors (Lipinski definition) is 8. The summed E-state index contributed by atoms with van der Waals surface area (Å²) in [5.41, 5.74) is 7.49. The second kappa shape index (κ2) is 22.9. The van der Waals surface area contributed by atoms with Gasteiger partial charge in [0, 0.05) is 101 Å². The predicted octanol–water partition coefficient (Wildman–Crippen LogP) is 9.05. The van der Waals surface area contributed by atoms with E-state index in [1.54, 1.807) is 36.7 Å². The fourth-order valence-corrected chi connectivity index (χ4v) is 7.25. The Labute approximate surface area is 355 Å². The molecule has 8 nitrogen and oxygen atoms in total. The SMILES string of the molecule is Brc1ccc(CN2CCOC(c3cccnc3)C2)cc1.C.Clc1ccccc1-c1ccc(CN2CCOC(c3cccnc3)C2)cc1.OB(O)c1ccccc1Cl. The molecule has 0 saturated carbocycles. The molecule has 6 aromatic rings. The largest absolute Gasteiger partial charge is 0.489 e. The van der Waals surface area contributed by atoms with Crippen molar-refractivity contribution in [1.29, 1.82) is 0 Å². The zero-order chi connectivity index (χ0) is 39.1. The molecule has 0 amide bonds. The summed E-state index contributed by atoms with van der Waals surface area (Å²) in [4.78, 5) is 13.3. The lowest BCUT2D eigenvalue weighted by atomic mass is 9.80. The van der Waals surface area contributed by atoms with Gasteiger partial charge < -0.3 is 19.5 Å². The van der Waals surface area contributed by atoms with E-state index in [0.717, 1.165) is 84.2 Å². The van der Waals surface area contributed by atoms with E-state index in [0.29, 0.717) is 10.5 Å². The van der Waals surface area contributed by atoms with Crippen LogP contribution >= 0.6 is 39.1 Å². The van der Waals surface area contributed by atoms with Gasteiger partial charge in [-0.3, -0.25) is 19.8 Å². The maximum Gasteiger partial charge on any atom is 0.489 e. The number of aromatic nitrogens is 2. The van der Waals surface area contributed by atoms with Crippen LogP contribution in [0.25, 0.3) is 11.1 Å². The van der Waals surface area contributed by atoms with Gasteiger partial charge in [-0.05, 0) is 53.1 Å². The maximum atomic E-state index is 8.68. The molecule has 2 aromatic heterocycles. The summed E-state index contributed by atoms with van der Waals surface area (Å²) >= 11 is 15.4. The van der Waals surface area contributed by atoms with E-state index >= 15 is 0 Å². The molecule has 57 heavy (non-hydrogen) atoms. The van der Waals surface area contributed by atoms with Crippen molar-refractivity contribution in [3.05, 3.63) is 183 Å². The molecule has 2 unspecified atom stereocenters. The van der Waals surface area contributed by atoms with Crippen molar-refractivity contribution >= 4 is 51.7 Å². The molecule has 4 heterocycles. The van der Waals surface area contributed by atoms with E-state index in [9.17, 15) is 0 Å². The monoisotopic (exact) mass is 868 g/mol. The van der Waals surface area contributed by atoms with Gasteiger partial charge in [-0.2, -0.15) is 0 Å². The Kier molecular flexibility index (Phi) is 17.7. The average Bonchev–Trinajstić information content (AvgIpc) is 3.24. The van der Waals surface area contributed by atoms with Crippen LogP contribution < -0.4 is 5.46 Å². The van der Waals surface area contributed by atoms with Crippen LogP contribution in [0.2, 0.25) is 10.0 Å². The third-order valence-corrected chi connectivity index (χ3v) is 10.7. The van der Waals surface area contributed by atoms with E-state index < -0.39 is 7.12 Å². The van der Waals surface area contributed by atoms with E-state index in [2.05, 4.69) is 102 Å². The van der Waals surface area contributed by atoms with Crippen molar-refractivity contribution in [3.8, 4) is 11.1 Å². The van der Waals surface area contributed by atoms with Crippen molar-refractivity contribution in [2.75, 3.05) is 39.4 Å². The number of morpholine rings is 2. The molecule has 2 fully saturated rings. The highest BCUT2D eigenvalue weighted by atomic mass is 79.9. The zero-order valence-electron chi connectivity index (χ0n) is 30.9. The Morgan fingerprint density at radius 3 is 1.58 bits per heavy atom. The van der Waals surface area contributed by atoms with Crippen LogP contribution in [0.1, 0.15) is 41.9 Å². The second-order valence-corrected chi connectivity index (χ2v) is 15.2. The molecule has 2 aliphatic heterocycles. The Morgan fingerprint density at radius 1 is 0.632 bits per heavy atom. The summed E-state index contributed by atoms with van der Waals surface area (Å²) in [6.45, 7) is 7.14. The highest BCUT2D eigenvalue weighted by Crippen LogP contribution is 2.29. The molecule has 2 atom stereocenters. The molecule has 0 spiro atoms. The summed E-state index contributed by atoms with van der Waals surface area (Å²) in [7, 11) is -1.48. The summed E-state index contributed by atoms with van der Waals surface area (Å²) in [6.07, 6.45) is 7.62. The minimum absolute atomic E-state index is 0. The summed E-state index contributed by atoms with van der Waals surface area (Å²) in [6, 6.07) is 39.8. The second-order valence-electron chi connectivity index (χ2n) is 13.5. The number of pyridine rings is 2. The minimum Gasteiger partial charge on any atom is -0.423 e. The lowest BCUT2D eigenvalue weighted by Crippen LogP contribution is -2.37. The van der Waals surface area contributed by atoms with Crippen LogP contribution in [0.3, 0.4) is 0 Å². The Morgan fingerprint density at radius 2 is 1.12 bits per heavy atom. The number of halogens is 3. The lowest BCUT2D eigenvalue weighted by molar-refractivity contribution is -0.0331. The molecular weight excluding hydrogens is 822 g/mol. The van der Waals surface area contributed by atoms with Crippen molar-refractivity contribution in [2.45, 2.75) is 32.7 Å². The van der Waals surface area contributed by atoms with Crippen LogP contribution in [0, 0.1) is 0 Å². The highest BCUT2D eigenvalue weighted by Gasteiger charge is 2.23. The van der Waals surface area contributed by atoms with Crippen LogP contribution in [-0.2, 0) is 22.6 Å². The lowest BCUT2D eigenvalue weighted by Gasteiger charge is -2.33. The molecule has 296 valence electrons. The third kappa shape index (κ3) is 13.6. The number of rotatable bonds is 8. The van der Waals surface area contributed by atoms with Gasteiger partial charge in [-0.1, -0.05) is 131 Å². The molecule has 4 aromatic carbocycles. The van der Waals surface area contributed by atoms with E-state index in [-0.39, 0.29) is 19.6 Å². The fraction of sp³-hybridized carbons (Fsp3) is 0.244. The van der Waals surface area contributed by atoms with Gasteiger partial charge in [0.25, 0.3) is 0 Å². The highest BCUT2D eigenvalue weighted by molar-refractivity contribution is 9.10. The topological polar surface area (TPSA) is 91.2 Å². The van der Waals surface area contributed by atoms with Gasteiger partial charge in [-0.25, -0.2) is 0 Å². The number of hydrogen-bond donors (Lipinski definition) is 2. The van der Waals surface area contributed by atoms with Gasteiger partial charge in [-0.15, -0.1) is 0 Å². The van der Waals surface area contributed by atoms with Crippen molar-refractivity contribution in [3.63, 3.8) is 0 Å². The summed E-state index contributed by atoms with van der Waals surface area (Å²) < 4.78 is 12.9. The quantitative estimate of drug-likeness (QED) is 0.147. The first kappa shape index (κ1) is 44.2. The third-order valence-electron chi connectivity index (χ3n) is 9.46. The Bertz CT molecular complexity index is 2070. The first-order chi connectivity index (χ1) is 27.3. The van der Waals surface area contributed by atoms with Gasteiger partial charge >= 0.3 is 7.12 Å². The van der Waals surface area contributed by atoms with Gasteiger partial charge in [0.2, 0.25) is 0 Å². The summed E-state index contributed by atoms with van der Waals surface area (Å²) in [5.74, 6) is 0. The summed E-state index contributed by atoms with van der Waals surface area (Å²) in [5, 5.41) is 18.5. The van der Waals surface area contributed by atoms with Crippen LogP contribution in [0.15, 0.2) is 151 Å².